The summed E-state index contributed by atoms with van der Waals surface area (Å²) >= 11 is 0. The van der Waals surface area contributed by atoms with Gasteiger partial charge >= 0.3 is 0 Å². The Morgan fingerprint density at radius 1 is 1.18 bits per heavy atom. The molecule has 2 aromatic rings. The maximum Gasteiger partial charge on any atom is 0.257 e. The number of pyridine rings is 1. The third kappa shape index (κ3) is 4.55. The van der Waals surface area contributed by atoms with E-state index in [1.54, 1.807) is 4.57 Å². The van der Waals surface area contributed by atoms with Crippen LogP contribution >= 0.6 is 0 Å². The van der Waals surface area contributed by atoms with Crippen LogP contribution < -0.4 is 20.3 Å². The number of fused-ring (bicyclic) bond motifs is 1. The molecule has 1 aromatic heterocycles. The highest BCUT2D eigenvalue weighted by atomic mass is 16.5. The molecule has 6 heteroatoms. The van der Waals surface area contributed by atoms with Gasteiger partial charge in [0.25, 0.3) is 11.5 Å². The largest absolute Gasteiger partial charge is 0.496 e. The van der Waals surface area contributed by atoms with Crippen LogP contribution in [0.25, 0.3) is 0 Å². The molecule has 150 valence electrons. The second-order valence-electron chi connectivity index (χ2n) is 7.33. The predicted molar refractivity (Wildman–Crippen MR) is 108 cm³/mol. The van der Waals surface area contributed by atoms with Crippen molar-refractivity contribution in [3.05, 3.63) is 57.5 Å². The number of nitrogens with one attached hydrogen (secondary N) is 1. The number of ether oxygens (including phenoxy) is 2. The third-order valence-electron chi connectivity index (χ3n) is 4.87. The van der Waals surface area contributed by atoms with Crippen molar-refractivity contribution < 1.29 is 14.3 Å². The number of nitrogens with zero attached hydrogens (tertiary/aromatic N) is 1. The van der Waals surface area contributed by atoms with Gasteiger partial charge in [-0.3, -0.25) is 9.59 Å². The molecule has 1 N–H and O–H groups in total. The van der Waals surface area contributed by atoms with E-state index in [-0.39, 0.29) is 17.6 Å². The van der Waals surface area contributed by atoms with Crippen molar-refractivity contribution in [3.63, 3.8) is 0 Å². The van der Waals surface area contributed by atoms with Crippen molar-refractivity contribution in [2.45, 2.75) is 58.7 Å². The smallest absolute Gasteiger partial charge is 0.257 e. The van der Waals surface area contributed by atoms with E-state index >= 15 is 0 Å². The second-order valence-corrected chi connectivity index (χ2v) is 7.33. The average Bonchev–Trinajstić information content (AvgIpc) is 2.93. The number of amides is 1. The molecule has 0 bridgehead atoms. The molecule has 0 spiro atoms. The lowest BCUT2D eigenvalue weighted by atomic mass is 10.1. The summed E-state index contributed by atoms with van der Waals surface area (Å²) in [6, 6.07) is 9.09. The third-order valence-corrected chi connectivity index (χ3v) is 4.87. The molecule has 0 saturated carbocycles. The van der Waals surface area contributed by atoms with Gasteiger partial charge in [0.15, 0.2) is 0 Å². The molecule has 1 aromatic carbocycles. The topological polar surface area (TPSA) is 69.6 Å². The van der Waals surface area contributed by atoms with Gasteiger partial charge in [-0.05, 0) is 50.8 Å². The summed E-state index contributed by atoms with van der Waals surface area (Å²) in [6.07, 6.45) is 3.79. The minimum absolute atomic E-state index is 0.106. The molecule has 0 atom stereocenters. The first-order chi connectivity index (χ1) is 13.5. The summed E-state index contributed by atoms with van der Waals surface area (Å²) < 4.78 is 12.7. The predicted octanol–water partition coefficient (Wildman–Crippen LogP) is 3.30. The van der Waals surface area contributed by atoms with Crippen molar-refractivity contribution in [3.8, 4) is 11.5 Å². The molecule has 1 aliphatic heterocycles. The normalized spacial score (nSPS) is 13.6. The van der Waals surface area contributed by atoms with E-state index in [0.717, 1.165) is 36.3 Å². The molecular weight excluding hydrogens is 356 g/mol. The highest BCUT2D eigenvalue weighted by Crippen LogP contribution is 2.24. The number of benzene rings is 1. The molecule has 1 aliphatic rings. The van der Waals surface area contributed by atoms with Gasteiger partial charge in [0, 0.05) is 24.8 Å². The van der Waals surface area contributed by atoms with E-state index in [0.29, 0.717) is 30.8 Å². The lowest BCUT2D eigenvalue weighted by Gasteiger charge is -2.17. The van der Waals surface area contributed by atoms with Gasteiger partial charge in [-0.2, -0.15) is 0 Å². The van der Waals surface area contributed by atoms with Gasteiger partial charge in [-0.25, -0.2) is 0 Å². The maximum atomic E-state index is 13.0. The molecule has 1 amide bonds. The van der Waals surface area contributed by atoms with E-state index in [9.17, 15) is 9.59 Å². The van der Waals surface area contributed by atoms with Gasteiger partial charge in [0.1, 0.15) is 17.1 Å². The van der Waals surface area contributed by atoms with Crippen LogP contribution in [0.5, 0.6) is 11.5 Å². The van der Waals surface area contributed by atoms with Gasteiger partial charge in [0.2, 0.25) is 0 Å². The Kier molecular flexibility index (Phi) is 6.39. The lowest BCUT2D eigenvalue weighted by Crippen LogP contribution is -2.30. The van der Waals surface area contributed by atoms with Crippen molar-refractivity contribution in [1.82, 2.24) is 9.88 Å². The summed E-state index contributed by atoms with van der Waals surface area (Å²) in [7, 11) is 1.49. The highest BCUT2D eigenvalue weighted by Gasteiger charge is 2.23. The number of aromatic nitrogens is 1. The molecule has 0 radical (unpaired) electrons. The van der Waals surface area contributed by atoms with Crippen LogP contribution in [0.4, 0.5) is 0 Å². The number of methoxy groups -OCH3 is 1. The minimum atomic E-state index is -0.218. The molecule has 6 nitrogen and oxygen atoms in total. The van der Waals surface area contributed by atoms with Crippen molar-refractivity contribution >= 4 is 5.91 Å². The van der Waals surface area contributed by atoms with E-state index < -0.39 is 0 Å². The van der Waals surface area contributed by atoms with Crippen LogP contribution in [0, 0.1) is 0 Å². The molecule has 2 heterocycles. The van der Waals surface area contributed by atoms with E-state index in [4.69, 9.17) is 9.47 Å². The molecule has 0 fully saturated rings. The van der Waals surface area contributed by atoms with E-state index in [1.165, 1.54) is 13.2 Å². The van der Waals surface area contributed by atoms with Crippen LogP contribution in [0.15, 0.2) is 35.1 Å². The Morgan fingerprint density at radius 2 is 1.93 bits per heavy atom. The molecular formula is C22H28N2O4. The Balaban J connectivity index is 1.79. The SMILES string of the molecule is COc1cc(=O)n2c(c1C(=O)NCc1ccc(OC(C)C)cc1)CCCCC2. The number of carbonyl (C=O) groups is 1. The van der Waals surface area contributed by atoms with Crippen LogP contribution in [0.1, 0.15) is 54.7 Å². The first-order valence-electron chi connectivity index (χ1n) is 9.84. The minimum Gasteiger partial charge on any atom is -0.496 e. The fraction of sp³-hybridized carbons (Fsp3) is 0.455. The van der Waals surface area contributed by atoms with Crippen LogP contribution in [0.3, 0.4) is 0 Å². The lowest BCUT2D eigenvalue weighted by molar-refractivity contribution is 0.0945. The monoisotopic (exact) mass is 384 g/mol. The van der Waals surface area contributed by atoms with Crippen LogP contribution in [-0.2, 0) is 19.5 Å². The fourth-order valence-corrected chi connectivity index (χ4v) is 3.55. The molecule has 0 saturated heterocycles. The summed E-state index contributed by atoms with van der Waals surface area (Å²) in [4.78, 5) is 25.4. The number of carbonyl (C=O) groups excluding carboxylic acids is 1. The second kappa shape index (κ2) is 8.95. The Morgan fingerprint density at radius 3 is 2.61 bits per heavy atom. The van der Waals surface area contributed by atoms with Gasteiger partial charge < -0.3 is 19.4 Å². The standard InChI is InChI=1S/C22H28N2O4/c1-15(2)28-17-10-8-16(9-11-17)14-23-22(26)21-18-7-5-4-6-12-24(18)20(25)13-19(21)27-3/h8-11,13,15H,4-7,12,14H2,1-3H3,(H,23,26). The zero-order valence-corrected chi connectivity index (χ0v) is 16.8. The summed E-state index contributed by atoms with van der Waals surface area (Å²) in [5, 5.41) is 2.97. The van der Waals surface area contributed by atoms with Crippen LogP contribution in [0.2, 0.25) is 0 Å². The molecule has 0 unspecified atom stereocenters. The van der Waals surface area contributed by atoms with Gasteiger partial charge in [-0.1, -0.05) is 18.6 Å². The van der Waals surface area contributed by atoms with Crippen molar-refractivity contribution in [2.75, 3.05) is 7.11 Å². The number of hydrogen-bond donors (Lipinski definition) is 1. The van der Waals surface area contributed by atoms with Gasteiger partial charge in [0.05, 0.1) is 13.2 Å². The summed E-state index contributed by atoms with van der Waals surface area (Å²) in [5.74, 6) is 0.931. The van der Waals surface area contributed by atoms with Crippen LogP contribution in [-0.4, -0.2) is 23.7 Å². The van der Waals surface area contributed by atoms with E-state index in [2.05, 4.69) is 5.32 Å². The zero-order chi connectivity index (χ0) is 20.1. The number of hydrogen-bond acceptors (Lipinski definition) is 4. The molecule has 0 aliphatic carbocycles. The summed E-state index contributed by atoms with van der Waals surface area (Å²) in [6.45, 7) is 5.00. The molecule has 3 rings (SSSR count). The van der Waals surface area contributed by atoms with Crippen molar-refractivity contribution in [1.29, 1.82) is 0 Å². The van der Waals surface area contributed by atoms with E-state index in [1.807, 2.05) is 38.1 Å². The number of rotatable bonds is 6. The maximum absolute atomic E-state index is 13.0. The Bertz CT molecular complexity index is 885. The van der Waals surface area contributed by atoms with Crippen molar-refractivity contribution in [2.24, 2.45) is 0 Å². The summed E-state index contributed by atoms with van der Waals surface area (Å²) in [5.41, 5.74) is 2.12. The zero-order valence-electron chi connectivity index (χ0n) is 16.8. The average molecular weight is 384 g/mol. The first-order valence-corrected chi connectivity index (χ1v) is 9.84. The fourth-order valence-electron chi connectivity index (χ4n) is 3.55. The Labute approximate surface area is 165 Å². The molecule has 28 heavy (non-hydrogen) atoms. The quantitative estimate of drug-likeness (QED) is 0.830. The van der Waals surface area contributed by atoms with Gasteiger partial charge in [-0.15, -0.1) is 0 Å². The Hall–Kier alpha value is -2.76. The first kappa shape index (κ1) is 20.0. The highest BCUT2D eigenvalue weighted by molar-refractivity contribution is 5.98.